The summed E-state index contributed by atoms with van der Waals surface area (Å²) in [6.07, 6.45) is 6.76. The van der Waals surface area contributed by atoms with Crippen LogP contribution in [0.3, 0.4) is 0 Å². The number of nitrogens with one attached hydrogen (secondary N) is 1. The van der Waals surface area contributed by atoms with E-state index in [1.807, 2.05) is 14.0 Å². The fraction of sp³-hybridized carbons (Fsp3) is 0.833. The number of rotatable bonds is 6. The van der Waals surface area contributed by atoms with Gasteiger partial charge in [0, 0.05) is 18.8 Å². The largest absolute Gasteiger partial charge is 0.314 e. The summed E-state index contributed by atoms with van der Waals surface area (Å²) in [5.74, 6) is 2.10. The van der Waals surface area contributed by atoms with Gasteiger partial charge in [0.15, 0.2) is 5.16 Å². The zero-order valence-corrected chi connectivity index (χ0v) is 11.6. The van der Waals surface area contributed by atoms with E-state index in [0.717, 1.165) is 29.3 Å². The lowest BCUT2D eigenvalue weighted by atomic mass is 10.2. The lowest BCUT2D eigenvalue weighted by molar-refractivity contribution is 0.524. The smallest absolute Gasteiger partial charge is 0.190 e. The van der Waals surface area contributed by atoms with E-state index in [1.54, 1.807) is 11.8 Å². The van der Waals surface area contributed by atoms with E-state index in [1.165, 1.54) is 32.1 Å². The average molecular weight is 254 g/mol. The van der Waals surface area contributed by atoms with Gasteiger partial charge < -0.3 is 9.88 Å². The summed E-state index contributed by atoms with van der Waals surface area (Å²) < 4.78 is 2.05. The van der Waals surface area contributed by atoms with Gasteiger partial charge in [-0.25, -0.2) is 0 Å². The molecule has 1 aromatic rings. The maximum atomic E-state index is 4.15. The molecule has 4 nitrogen and oxygen atoms in total. The van der Waals surface area contributed by atoms with E-state index in [4.69, 9.17) is 0 Å². The van der Waals surface area contributed by atoms with Gasteiger partial charge in [0.2, 0.25) is 0 Å². The number of thioether (sulfide) groups is 1. The lowest BCUT2D eigenvalue weighted by Gasteiger charge is -2.10. The van der Waals surface area contributed by atoms with Crippen LogP contribution < -0.4 is 5.32 Å². The molecular formula is C12H22N4S. The molecule has 1 aliphatic carbocycles. The molecule has 1 heterocycles. The van der Waals surface area contributed by atoms with Crippen molar-refractivity contribution in [1.82, 2.24) is 20.1 Å². The minimum Gasteiger partial charge on any atom is -0.314 e. The molecule has 0 aliphatic heterocycles. The first-order chi connectivity index (χ1) is 8.27. The molecular weight excluding hydrogens is 232 g/mol. The predicted molar refractivity (Wildman–Crippen MR) is 71.3 cm³/mol. The van der Waals surface area contributed by atoms with E-state index < -0.39 is 0 Å². The number of hydrogen-bond donors (Lipinski definition) is 1. The summed E-state index contributed by atoms with van der Waals surface area (Å²) in [6, 6.07) is 0.789. The topological polar surface area (TPSA) is 42.7 Å². The van der Waals surface area contributed by atoms with Gasteiger partial charge in [0.25, 0.3) is 0 Å². The molecule has 1 saturated carbocycles. The summed E-state index contributed by atoms with van der Waals surface area (Å²) in [7, 11) is 2.02. The standard InChI is InChI=1S/C12H22N4S/c1-10-14-15-12(16(10)2)17-9-5-8-13-11-6-3-4-7-11/h11,13H,3-9H2,1-2H3. The average Bonchev–Trinajstić information content (AvgIpc) is 2.93. The van der Waals surface area contributed by atoms with Crippen molar-refractivity contribution in [3.8, 4) is 0 Å². The van der Waals surface area contributed by atoms with Crippen LogP contribution in [0, 0.1) is 6.92 Å². The van der Waals surface area contributed by atoms with Gasteiger partial charge in [-0.1, -0.05) is 24.6 Å². The molecule has 1 N–H and O–H groups in total. The molecule has 0 bridgehead atoms. The van der Waals surface area contributed by atoms with E-state index in [-0.39, 0.29) is 0 Å². The zero-order chi connectivity index (χ0) is 12.1. The molecule has 0 unspecified atom stereocenters. The first-order valence-electron chi connectivity index (χ1n) is 6.49. The summed E-state index contributed by atoms with van der Waals surface area (Å²) in [6.45, 7) is 3.12. The number of hydrogen-bond acceptors (Lipinski definition) is 4. The van der Waals surface area contributed by atoms with Gasteiger partial charge in [-0.15, -0.1) is 10.2 Å². The quantitative estimate of drug-likeness (QED) is 0.624. The summed E-state index contributed by atoms with van der Waals surface area (Å²) in [4.78, 5) is 0. The van der Waals surface area contributed by atoms with Gasteiger partial charge in [0.05, 0.1) is 0 Å². The Balaban J connectivity index is 1.58. The van der Waals surface area contributed by atoms with E-state index in [0.29, 0.717) is 0 Å². The normalized spacial score (nSPS) is 16.8. The fourth-order valence-electron chi connectivity index (χ4n) is 2.19. The lowest BCUT2D eigenvalue weighted by Crippen LogP contribution is -2.27. The van der Waals surface area contributed by atoms with Crippen molar-refractivity contribution in [2.45, 2.75) is 50.2 Å². The number of aromatic nitrogens is 3. The molecule has 0 saturated heterocycles. The maximum Gasteiger partial charge on any atom is 0.190 e. The Morgan fingerprint density at radius 2 is 2.12 bits per heavy atom. The second-order valence-electron chi connectivity index (χ2n) is 4.73. The highest BCUT2D eigenvalue weighted by Gasteiger charge is 2.13. The van der Waals surface area contributed by atoms with Gasteiger partial charge in [-0.2, -0.15) is 0 Å². The van der Waals surface area contributed by atoms with Gasteiger partial charge in [-0.05, 0) is 32.7 Å². The maximum absolute atomic E-state index is 4.15. The summed E-state index contributed by atoms with van der Waals surface area (Å²) in [5.41, 5.74) is 0. The molecule has 0 spiro atoms. The molecule has 1 fully saturated rings. The monoisotopic (exact) mass is 254 g/mol. The van der Waals surface area contributed by atoms with Gasteiger partial charge >= 0.3 is 0 Å². The van der Waals surface area contributed by atoms with Gasteiger partial charge in [-0.3, -0.25) is 0 Å². The summed E-state index contributed by atoms with van der Waals surface area (Å²) in [5, 5.41) is 12.9. The Bertz CT molecular complexity index is 344. The second-order valence-corrected chi connectivity index (χ2v) is 5.79. The number of nitrogens with zero attached hydrogens (tertiary/aromatic N) is 3. The molecule has 5 heteroatoms. The van der Waals surface area contributed by atoms with Crippen LogP contribution in [0.2, 0.25) is 0 Å². The van der Waals surface area contributed by atoms with Crippen LogP contribution in [-0.2, 0) is 7.05 Å². The molecule has 1 aliphatic rings. The van der Waals surface area contributed by atoms with Crippen LogP contribution >= 0.6 is 11.8 Å². The molecule has 0 atom stereocenters. The Morgan fingerprint density at radius 3 is 2.76 bits per heavy atom. The Labute approximate surface area is 108 Å². The molecule has 0 amide bonds. The highest BCUT2D eigenvalue weighted by atomic mass is 32.2. The highest BCUT2D eigenvalue weighted by molar-refractivity contribution is 7.99. The third-order valence-electron chi connectivity index (χ3n) is 3.39. The molecule has 96 valence electrons. The van der Waals surface area contributed by atoms with Crippen LogP contribution in [0.5, 0.6) is 0 Å². The van der Waals surface area contributed by atoms with Crippen molar-refractivity contribution in [3.05, 3.63) is 5.82 Å². The van der Waals surface area contributed by atoms with Crippen LogP contribution in [0.25, 0.3) is 0 Å². The van der Waals surface area contributed by atoms with E-state index in [9.17, 15) is 0 Å². The van der Waals surface area contributed by atoms with E-state index in [2.05, 4.69) is 20.1 Å². The summed E-state index contributed by atoms with van der Waals surface area (Å²) >= 11 is 1.80. The fourth-order valence-corrected chi connectivity index (χ4v) is 3.08. The predicted octanol–water partition coefficient (Wildman–Crippen LogP) is 2.14. The molecule has 1 aromatic heterocycles. The molecule has 17 heavy (non-hydrogen) atoms. The first-order valence-corrected chi connectivity index (χ1v) is 7.48. The first kappa shape index (κ1) is 12.9. The van der Waals surface area contributed by atoms with Gasteiger partial charge in [0.1, 0.15) is 5.82 Å². The molecule has 0 radical (unpaired) electrons. The minimum atomic E-state index is 0.789. The van der Waals surface area contributed by atoms with Crippen LogP contribution in [0.1, 0.15) is 37.9 Å². The van der Waals surface area contributed by atoms with E-state index >= 15 is 0 Å². The molecule has 0 aromatic carbocycles. The van der Waals surface area contributed by atoms with Crippen LogP contribution in [-0.4, -0.2) is 33.1 Å². The second kappa shape index (κ2) is 6.40. The van der Waals surface area contributed by atoms with Crippen molar-refractivity contribution in [3.63, 3.8) is 0 Å². The Kier molecular flexibility index (Phi) is 4.86. The SMILES string of the molecule is Cc1nnc(SCCCNC2CCCC2)n1C. The van der Waals surface area contributed by atoms with Crippen LogP contribution in [0.4, 0.5) is 0 Å². The van der Waals surface area contributed by atoms with Crippen molar-refractivity contribution in [1.29, 1.82) is 0 Å². The van der Waals surface area contributed by atoms with Crippen molar-refractivity contribution in [2.75, 3.05) is 12.3 Å². The number of aryl methyl sites for hydroxylation is 1. The third-order valence-corrected chi connectivity index (χ3v) is 4.50. The van der Waals surface area contributed by atoms with Crippen LogP contribution in [0.15, 0.2) is 5.16 Å². The Morgan fingerprint density at radius 1 is 1.35 bits per heavy atom. The zero-order valence-electron chi connectivity index (χ0n) is 10.8. The highest BCUT2D eigenvalue weighted by Crippen LogP contribution is 2.18. The van der Waals surface area contributed by atoms with Crippen molar-refractivity contribution >= 4 is 11.8 Å². The van der Waals surface area contributed by atoms with Crippen molar-refractivity contribution < 1.29 is 0 Å². The molecule has 2 rings (SSSR count). The Hall–Kier alpha value is -0.550. The third kappa shape index (κ3) is 3.71. The van der Waals surface area contributed by atoms with Crippen molar-refractivity contribution in [2.24, 2.45) is 7.05 Å². The minimum absolute atomic E-state index is 0.789.